The monoisotopic (exact) mass is 329 g/mol. The van der Waals surface area contributed by atoms with Crippen molar-refractivity contribution in [3.05, 3.63) is 29.8 Å². The zero-order chi connectivity index (χ0) is 16.9. The lowest BCUT2D eigenvalue weighted by molar-refractivity contribution is -0.153. The van der Waals surface area contributed by atoms with E-state index >= 15 is 0 Å². The molecule has 0 radical (unpaired) electrons. The summed E-state index contributed by atoms with van der Waals surface area (Å²) in [6.07, 6.45) is 3.09. The number of benzene rings is 1. The fourth-order valence-corrected chi connectivity index (χ4v) is 4.52. The molecule has 5 nitrogen and oxygen atoms in total. The van der Waals surface area contributed by atoms with E-state index in [0.29, 0.717) is 25.5 Å². The minimum Gasteiger partial charge on any atom is -0.493 e. The third-order valence-corrected chi connectivity index (χ3v) is 6.04. The molecule has 5 heteroatoms. The van der Waals surface area contributed by atoms with E-state index < -0.39 is 12.0 Å². The Morgan fingerprint density at radius 2 is 2.12 bits per heavy atom. The zero-order valence-corrected chi connectivity index (χ0v) is 13.9. The molecule has 1 saturated carbocycles. The van der Waals surface area contributed by atoms with Crippen LogP contribution in [0.5, 0.6) is 5.75 Å². The summed E-state index contributed by atoms with van der Waals surface area (Å²) in [5.41, 5.74) is 0.977. The van der Waals surface area contributed by atoms with Crippen LogP contribution in [0.4, 0.5) is 0 Å². The quantitative estimate of drug-likeness (QED) is 0.905. The van der Waals surface area contributed by atoms with E-state index in [1.807, 2.05) is 18.2 Å². The zero-order valence-electron chi connectivity index (χ0n) is 13.9. The van der Waals surface area contributed by atoms with Crippen LogP contribution >= 0.6 is 0 Å². The number of hydrogen-bond acceptors (Lipinski definition) is 3. The van der Waals surface area contributed by atoms with Crippen molar-refractivity contribution in [3.63, 3.8) is 0 Å². The summed E-state index contributed by atoms with van der Waals surface area (Å²) >= 11 is 0. The van der Waals surface area contributed by atoms with Gasteiger partial charge in [-0.15, -0.1) is 0 Å². The van der Waals surface area contributed by atoms with Crippen LogP contribution in [0, 0.1) is 11.8 Å². The van der Waals surface area contributed by atoms with Crippen LogP contribution in [0.3, 0.4) is 0 Å². The number of para-hydroxylation sites is 1. The highest BCUT2D eigenvalue weighted by atomic mass is 16.5. The van der Waals surface area contributed by atoms with Gasteiger partial charge in [0.25, 0.3) is 0 Å². The first-order valence-corrected chi connectivity index (χ1v) is 8.78. The van der Waals surface area contributed by atoms with Crippen LogP contribution in [0.25, 0.3) is 0 Å². The van der Waals surface area contributed by atoms with Crippen molar-refractivity contribution < 1.29 is 19.4 Å². The highest BCUT2D eigenvalue weighted by Gasteiger charge is 2.62. The molecule has 1 aliphatic carbocycles. The molecule has 1 aromatic carbocycles. The number of fused-ring (bicyclic) bond motifs is 2. The Balaban J connectivity index is 1.58. The molecule has 2 fully saturated rings. The maximum Gasteiger partial charge on any atom is 0.326 e. The van der Waals surface area contributed by atoms with Gasteiger partial charge >= 0.3 is 5.97 Å². The van der Waals surface area contributed by atoms with E-state index in [0.717, 1.165) is 30.6 Å². The third-order valence-electron chi connectivity index (χ3n) is 6.04. The predicted molar refractivity (Wildman–Crippen MR) is 87.9 cm³/mol. The van der Waals surface area contributed by atoms with Crippen molar-refractivity contribution in [2.45, 2.75) is 44.1 Å². The SMILES string of the molecule is CC1CCN(C(=O)[C@@H]2C[C@]23CCOc2ccccc23)C(C(=O)O)C1. The van der Waals surface area contributed by atoms with Gasteiger partial charge in [0.15, 0.2) is 0 Å². The first kappa shape index (κ1) is 15.5. The molecule has 2 aliphatic heterocycles. The Morgan fingerprint density at radius 3 is 2.92 bits per heavy atom. The molecule has 24 heavy (non-hydrogen) atoms. The second-order valence-corrected chi connectivity index (χ2v) is 7.52. The number of piperidine rings is 1. The van der Waals surface area contributed by atoms with Crippen LogP contribution in [0.15, 0.2) is 24.3 Å². The molecule has 1 aromatic rings. The highest BCUT2D eigenvalue weighted by molar-refractivity contribution is 5.89. The van der Waals surface area contributed by atoms with Crippen LogP contribution in [0.1, 0.15) is 38.2 Å². The van der Waals surface area contributed by atoms with E-state index in [9.17, 15) is 14.7 Å². The van der Waals surface area contributed by atoms with Gasteiger partial charge in [0.05, 0.1) is 6.61 Å². The summed E-state index contributed by atoms with van der Waals surface area (Å²) in [7, 11) is 0. The Kier molecular flexibility index (Phi) is 3.55. The van der Waals surface area contributed by atoms with Gasteiger partial charge < -0.3 is 14.7 Å². The largest absolute Gasteiger partial charge is 0.493 e. The van der Waals surface area contributed by atoms with Gasteiger partial charge in [-0.1, -0.05) is 25.1 Å². The van der Waals surface area contributed by atoms with Crippen LogP contribution in [-0.2, 0) is 15.0 Å². The number of hydrogen-bond donors (Lipinski definition) is 1. The molecule has 1 N–H and O–H groups in total. The molecule has 0 bridgehead atoms. The average molecular weight is 329 g/mol. The van der Waals surface area contributed by atoms with Gasteiger partial charge in [0, 0.05) is 23.4 Å². The van der Waals surface area contributed by atoms with E-state index in [4.69, 9.17) is 4.74 Å². The topological polar surface area (TPSA) is 66.8 Å². The van der Waals surface area contributed by atoms with Gasteiger partial charge in [-0.25, -0.2) is 4.79 Å². The summed E-state index contributed by atoms with van der Waals surface area (Å²) in [5.74, 6) is 0.272. The Labute approximate surface area is 141 Å². The van der Waals surface area contributed by atoms with Gasteiger partial charge in [-0.05, 0) is 37.7 Å². The predicted octanol–water partition coefficient (Wildman–Crippen LogP) is 2.44. The standard InChI is InChI=1S/C19H23NO4/c1-12-6-8-20(15(10-12)18(22)23)17(21)14-11-19(14)7-9-24-16-5-3-2-4-13(16)19/h2-5,12,14-15H,6-11H2,1H3,(H,22,23)/t12?,14-,15?,19-/m0/s1. The van der Waals surface area contributed by atoms with Crippen LogP contribution < -0.4 is 4.74 Å². The van der Waals surface area contributed by atoms with Crippen molar-refractivity contribution in [2.24, 2.45) is 11.8 Å². The maximum atomic E-state index is 13.1. The average Bonchev–Trinajstić information content (AvgIpc) is 3.29. The molecule has 128 valence electrons. The van der Waals surface area contributed by atoms with Crippen LogP contribution in [-0.4, -0.2) is 41.1 Å². The second kappa shape index (κ2) is 5.50. The molecular formula is C19H23NO4. The first-order chi connectivity index (χ1) is 11.5. The van der Waals surface area contributed by atoms with Crippen molar-refractivity contribution in [1.82, 2.24) is 4.90 Å². The van der Waals surface area contributed by atoms with E-state index in [1.165, 1.54) is 0 Å². The molecule has 2 unspecified atom stereocenters. The lowest BCUT2D eigenvalue weighted by Gasteiger charge is -2.37. The number of likely N-dealkylation sites (tertiary alicyclic amines) is 1. The summed E-state index contributed by atoms with van der Waals surface area (Å²) in [6.45, 7) is 3.24. The molecule has 2 heterocycles. The molecule has 1 saturated heterocycles. The molecule has 1 amide bonds. The molecule has 4 rings (SSSR count). The molecule has 1 spiro atoms. The minimum atomic E-state index is -0.878. The first-order valence-electron chi connectivity index (χ1n) is 8.78. The van der Waals surface area contributed by atoms with E-state index in [2.05, 4.69) is 13.0 Å². The third kappa shape index (κ3) is 2.29. The maximum absolute atomic E-state index is 13.1. The van der Waals surface area contributed by atoms with Crippen LogP contribution in [0.2, 0.25) is 0 Å². The molecule has 0 aromatic heterocycles. The minimum absolute atomic E-state index is 0.0194. The summed E-state index contributed by atoms with van der Waals surface area (Å²) in [5, 5.41) is 9.52. The Morgan fingerprint density at radius 1 is 1.33 bits per heavy atom. The number of amides is 1. The molecule has 4 atom stereocenters. The number of ether oxygens (including phenoxy) is 1. The molecular weight excluding hydrogens is 306 g/mol. The Bertz CT molecular complexity index is 688. The second-order valence-electron chi connectivity index (χ2n) is 7.52. The smallest absolute Gasteiger partial charge is 0.326 e. The number of carboxylic acids is 1. The van der Waals surface area contributed by atoms with Gasteiger partial charge in [-0.2, -0.15) is 0 Å². The lowest BCUT2D eigenvalue weighted by atomic mass is 9.86. The fraction of sp³-hybridized carbons (Fsp3) is 0.579. The number of carboxylic acid groups (broad SMARTS) is 1. The fourth-order valence-electron chi connectivity index (χ4n) is 4.52. The van der Waals surface area contributed by atoms with Gasteiger partial charge in [-0.3, -0.25) is 4.79 Å². The van der Waals surface area contributed by atoms with Crippen molar-refractivity contribution in [2.75, 3.05) is 13.2 Å². The van der Waals surface area contributed by atoms with Gasteiger partial charge in [0.2, 0.25) is 5.91 Å². The number of nitrogens with zero attached hydrogens (tertiary/aromatic N) is 1. The normalized spacial score (nSPS) is 34.4. The summed E-state index contributed by atoms with van der Waals surface area (Å²) in [4.78, 5) is 26.3. The Hall–Kier alpha value is -2.04. The number of aliphatic carboxylic acids is 1. The van der Waals surface area contributed by atoms with E-state index in [1.54, 1.807) is 4.90 Å². The van der Waals surface area contributed by atoms with Crippen molar-refractivity contribution in [3.8, 4) is 5.75 Å². The van der Waals surface area contributed by atoms with E-state index in [-0.39, 0.29) is 17.2 Å². The lowest BCUT2D eigenvalue weighted by Crippen LogP contribution is -2.51. The summed E-state index contributed by atoms with van der Waals surface area (Å²) in [6, 6.07) is 7.27. The summed E-state index contributed by atoms with van der Waals surface area (Å²) < 4.78 is 5.73. The van der Waals surface area contributed by atoms with Crippen molar-refractivity contribution in [1.29, 1.82) is 0 Å². The van der Waals surface area contributed by atoms with Gasteiger partial charge in [0.1, 0.15) is 11.8 Å². The number of carbonyl (C=O) groups is 2. The molecule has 3 aliphatic rings. The highest BCUT2D eigenvalue weighted by Crippen LogP contribution is 2.61. The number of rotatable bonds is 2. The van der Waals surface area contributed by atoms with Crippen molar-refractivity contribution >= 4 is 11.9 Å². The number of carbonyl (C=O) groups excluding carboxylic acids is 1.